The van der Waals surface area contributed by atoms with Crippen molar-refractivity contribution in [3.63, 3.8) is 0 Å². The molecule has 2 aromatic carbocycles. The monoisotopic (exact) mass is 416 g/mol. The van der Waals surface area contributed by atoms with E-state index < -0.39 is 0 Å². The van der Waals surface area contributed by atoms with Crippen LogP contribution in [0.5, 0.6) is 0 Å². The van der Waals surface area contributed by atoms with Gasteiger partial charge >= 0.3 is 0 Å². The van der Waals surface area contributed by atoms with Crippen molar-refractivity contribution >= 4 is 5.91 Å². The lowest BCUT2D eigenvalue weighted by Crippen LogP contribution is -2.44. The fourth-order valence-corrected chi connectivity index (χ4v) is 4.47. The summed E-state index contributed by atoms with van der Waals surface area (Å²) in [7, 11) is 0. The molecule has 0 radical (unpaired) electrons. The largest absolute Gasteiger partial charge is 0.353 e. The van der Waals surface area contributed by atoms with Gasteiger partial charge in [-0.25, -0.2) is 4.68 Å². The third-order valence-electron chi connectivity index (χ3n) is 6.25. The molecule has 1 aliphatic heterocycles. The maximum absolute atomic E-state index is 12.6. The fourth-order valence-electron chi connectivity index (χ4n) is 4.47. The minimum Gasteiger partial charge on any atom is -0.353 e. The third-order valence-corrected chi connectivity index (χ3v) is 6.25. The highest BCUT2D eigenvalue weighted by molar-refractivity contribution is 5.76. The fraction of sp³-hybridized carbons (Fsp3) is 0.385. The zero-order chi connectivity index (χ0) is 21.6. The lowest BCUT2D eigenvalue weighted by molar-refractivity contribution is -0.122. The molecule has 3 aromatic rings. The van der Waals surface area contributed by atoms with Crippen molar-refractivity contribution in [1.29, 1.82) is 0 Å². The van der Waals surface area contributed by atoms with Gasteiger partial charge in [0.15, 0.2) is 0 Å². The first kappa shape index (κ1) is 21.3. The molecular formula is C26H32N4O. The van der Waals surface area contributed by atoms with E-state index in [1.54, 1.807) is 0 Å². The number of aromatic nitrogens is 2. The first-order valence-corrected chi connectivity index (χ1v) is 11.3. The van der Waals surface area contributed by atoms with Gasteiger partial charge < -0.3 is 5.32 Å². The standard InChI is InChI=1S/C26H32N4O/c1-20-25(21(2)30(28-20)24-11-7-4-8-12-24)13-14-26(31)27-23-15-17-29(18-16-23)19-22-9-5-3-6-10-22/h3-12,23H,13-19H2,1-2H3,(H,27,31). The first-order chi connectivity index (χ1) is 15.1. The number of para-hydroxylation sites is 1. The number of rotatable bonds is 7. The number of aryl methyl sites for hydroxylation is 1. The minimum absolute atomic E-state index is 0.146. The van der Waals surface area contributed by atoms with Crippen LogP contribution in [0, 0.1) is 13.8 Å². The van der Waals surface area contributed by atoms with Gasteiger partial charge in [-0.1, -0.05) is 48.5 Å². The molecule has 5 nitrogen and oxygen atoms in total. The Hall–Kier alpha value is -2.92. The van der Waals surface area contributed by atoms with Gasteiger partial charge in [0, 0.05) is 37.8 Å². The van der Waals surface area contributed by atoms with Crippen molar-refractivity contribution in [3.05, 3.63) is 83.2 Å². The molecule has 162 valence electrons. The van der Waals surface area contributed by atoms with Crippen LogP contribution in [-0.2, 0) is 17.8 Å². The second-order valence-electron chi connectivity index (χ2n) is 8.50. The summed E-state index contributed by atoms with van der Waals surface area (Å²) >= 11 is 0. The van der Waals surface area contributed by atoms with Crippen molar-refractivity contribution in [2.45, 2.75) is 52.1 Å². The molecule has 2 heterocycles. The topological polar surface area (TPSA) is 50.2 Å². The smallest absolute Gasteiger partial charge is 0.220 e. The molecule has 0 aliphatic carbocycles. The number of hydrogen-bond donors (Lipinski definition) is 1. The highest BCUT2D eigenvalue weighted by atomic mass is 16.1. The molecule has 0 atom stereocenters. The molecule has 0 unspecified atom stereocenters. The van der Waals surface area contributed by atoms with E-state index in [1.165, 1.54) is 11.1 Å². The van der Waals surface area contributed by atoms with Crippen molar-refractivity contribution in [3.8, 4) is 5.69 Å². The Bertz CT molecular complexity index is 989. The average molecular weight is 417 g/mol. The van der Waals surface area contributed by atoms with Crippen LogP contribution in [0.4, 0.5) is 0 Å². The van der Waals surface area contributed by atoms with E-state index in [-0.39, 0.29) is 11.9 Å². The zero-order valence-electron chi connectivity index (χ0n) is 18.6. The Balaban J connectivity index is 1.25. The van der Waals surface area contributed by atoms with Crippen LogP contribution in [-0.4, -0.2) is 39.7 Å². The van der Waals surface area contributed by atoms with Crippen LogP contribution >= 0.6 is 0 Å². The Labute approximate surface area is 185 Å². The number of carbonyl (C=O) groups excluding carboxylic acids is 1. The maximum atomic E-state index is 12.6. The van der Waals surface area contributed by atoms with Crippen LogP contribution < -0.4 is 5.32 Å². The molecule has 4 rings (SSSR count). The quantitative estimate of drug-likeness (QED) is 0.628. The summed E-state index contributed by atoms with van der Waals surface area (Å²) in [5, 5.41) is 7.95. The lowest BCUT2D eigenvalue weighted by atomic mass is 10.0. The van der Waals surface area contributed by atoms with E-state index in [2.05, 4.69) is 59.6 Å². The van der Waals surface area contributed by atoms with Gasteiger partial charge in [0.2, 0.25) is 5.91 Å². The molecule has 0 spiro atoms. The number of nitrogens with one attached hydrogen (secondary N) is 1. The molecule has 1 amide bonds. The second kappa shape index (κ2) is 9.92. The highest BCUT2D eigenvalue weighted by Crippen LogP contribution is 2.20. The van der Waals surface area contributed by atoms with E-state index in [1.807, 2.05) is 29.8 Å². The molecule has 1 aromatic heterocycles. The summed E-state index contributed by atoms with van der Waals surface area (Å²) in [5.41, 5.74) is 5.71. The molecule has 31 heavy (non-hydrogen) atoms. The van der Waals surface area contributed by atoms with Crippen LogP contribution in [0.1, 0.15) is 41.8 Å². The molecular weight excluding hydrogens is 384 g/mol. The van der Waals surface area contributed by atoms with Crippen molar-refractivity contribution in [1.82, 2.24) is 20.0 Å². The summed E-state index contributed by atoms with van der Waals surface area (Å²) in [6.07, 6.45) is 3.26. The van der Waals surface area contributed by atoms with Gasteiger partial charge in [-0.15, -0.1) is 0 Å². The van der Waals surface area contributed by atoms with E-state index in [4.69, 9.17) is 5.10 Å². The number of nitrogens with zero attached hydrogens (tertiary/aromatic N) is 3. The van der Waals surface area contributed by atoms with E-state index in [0.717, 1.165) is 56.0 Å². The summed E-state index contributed by atoms with van der Waals surface area (Å²) < 4.78 is 1.98. The van der Waals surface area contributed by atoms with Gasteiger partial charge in [-0.05, 0) is 56.4 Å². The molecule has 1 saturated heterocycles. The lowest BCUT2D eigenvalue weighted by Gasteiger charge is -2.32. The number of piperidine rings is 1. The van der Waals surface area contributed by atoms with Crippen molar-refractivity contribution in [2.75, 3.05) is 13.1 Å². The van der Waals surface area contributed by atoms with E-state index in [9.17, 15) is 4.79 Å². The number of likely N-dealkylation sites (tertiary alicyclic amines) is 1. The average Bonchev–Trinajstić information content (AvgIpc) is 3.08. The third kappa shape index (κ3) is 5.42. The normalized spacial score (nSPS) is 15.2. The van der Waals surface area contributed by atoms with Crippen molar-refractivity contribution < 1.29 is 4.79 Å². The van der Waals surface area contributed by atoms with Gasteiger partial charge in [0.25, 0.3) is 0 Å². The second-order valence-corrected chi connectivity index (χ2v) is 8.50. The Morgan fingerprint density at radius 2 is 1.65 bits per heavy atom. The molecule has 1 fully saturated rings. The molecule has 1 N–H and O–H groups in total. The zero-order valence-corrected chi connectivity index (χ0v) is 18.6. The van der Waals surface area contributed by atoms with E-state index in [0.29, 0.717) is 6.42 Å². The highest BCUT2D eigenvalue weighted by Gasteiger charge is 2.21. The van der Waals surface area contributed by atoms with Gasteiger partial charge in [-0.3, -0.25) is 9.69 Å². The summed E-state index contributed by atoms with van der Waals surface area (Å²) in [4.78, 5) is 15.1. The number of amides is 1. The van der Waals surface area contributed by atoms with Crippen LogP contribution in [0.25, 0.3) is 5.69 Å². The summed E-state index contributed by atoms with van der Waals surface area (Å²) in [6.45, 7) is 7.17. The number of carbonyl (C=O) groups is 1. The number of hydrogen-bond acceptors (Lipinski definition) is 3. The first-order valence-electron chi connectivity index (χ1n) is 11.3. The minimum atomic E-state index is 0.146. The number of benzene rings is 2. The van der Waals surface area contributed by atoms with Gasteiger partial charge in [-0.2, -0.15) is 5.10 Å². The maximum Gasteiger partial charge on any atom is 0.220 e. The van der Waals surface area contributed by atoms with Crippen LogP contribution in [0.15, 0.2) is 60.7 Å². The van der Waals surface area contributed by atoms with Gasteiger partial charge in [0.05, 0.1) is 11.4 Å². The van der Waals surface area contributed by atoms with Crippen LogP contribution in [0.2, 0.25) is 0 Å². The Kier molecular flexibility index (Phi) is 6.82. The van der Waals surface area contributed by atoms with Crippen molar-refractivity contribution in [2.24, 2.45) is 0 Å². The summed E-state index contributed by atoms with van der Waals surface area (Å²) in [6, 6.07) is 21.0. The van der Waals surface area contributed by atoms with Gasteiger partial charge in [0.1, 0.15) is 0 Å². The molecule has 0 saturated carbocycles. The molecule has 1 aliphatic rings. The molecule has 5 heteroatoms. The van der Waals surface area contributed by atoms with Crippen LogP contribution in [0.3, 0.4) is 0 Å². The predicted molar refractivity (Wildman–Crippen MR) is 124 cm³/mol. The Morgan fingerprint density at radius 1 is 1.00 bits per heavy atom. The summed E-state index contributed by atoms with van der Waals surface area (Å²) in [5.74, 6) is 0.146. The predicted octanol–water partition coefficient (Wildman–Crippen LogP) is 4.20. The SMILES string of the molecule is Cc1nn(-c2ccccc2)c(C)c1CCC(=O)NC1CCN(Cc2ccccc2)CC1. The Morgan fingerprint density at radius 3 is 2.32 bits per heavy atom. The van der Waals surface area contributed by atoms with E-state index >= 15 is 0 Å². The molecule has 0 bridgehead atoms.